The fourth-order valence-electron chi connectivity index (χ4n) is 8.29. The lowest BCUT2D eigenvalue weighted by Gasteiger charge is -2.05. The van der Waals surface area contributed by atoms with Gasteiger partial charge in [-0.1, -0.05) is 296 Å². The predicted octanol–water partition coefficient (Wildman–Crippen LogP) is 17.9. The molecule has 0 saturated heterocycles. The third-order valence-corrected chi connectivity index (χ3v) is 12.3. The maximum atomic E-state index is 8.71. The van der Waals surface area contributed by atoms with Crippen LogP contribution in [0.3, 0.4) is 0 Å². The first-order valence-corrected chi connectivity index (χ1v) is 26.8. The van der Waals surface area contributed by atoms with Gasteiger partial charge in [0.2, 0.25) is 0 Å². The normalized spacial score (nSPS) is 11.4. The van der Waals surface area contributed by atoms with Gasteiger partial charge in [-0.15, -0.1) is 0 Å². The molecule has 0 aliphatic carbocycles. The number of aliphatic hydroxyl groups is 1. The lowest BCUT2D eigenvalue weighted by molar-refractivity contribution is 0.286. The van der Waals surface area contributed by atoms with E-state index in [1.807, 2.05) is 0 Å². The Labute approximate surface area is 356 Å². The Morgan fingerprint density at radius 3 is 0.625 bits per heavy atom. The van der Waals surface area contributed by atoms with Crippen molar-refractivity contribution < 1.29 is 5.11 Å². The molecule has 0 saturated carbocycles. The molecule has 3 heteroatoms. The van der Waals surface area contributed by atoms with E-state index >= 15 is 0 Å². The molecule has 0 aromatic rings. The van der Waals surface area contributed by atoms with Crippen molar-refractivity contribution in [2.24, 2.45) is 5.73 Å². The van der Waals surface area contributed by atoms with Crippen molar-refractivity contribution in [1.82, 2.24) is 5.32 Å². The summed E-state index contributed by atoms with van der Waals surface area (Å²) in [5, 5.41) is 12.1. The summed E-state index contributed by atoms with van der Waals surface area (Å²) in [6, 6.07) is 0. The maximum Gasteiger partial charge on any atom is 0.0443 e. The zero-order chi connectivity index (χ0) is 40.8. The quantitative estimate of drug-likeness (QED) is 0.0538. The molecule has 0 aromatic carbocycles. The second-order valence-corrected chi connectivity index (χ2v) is 18.2. The molecule has 0 bridgehead atoms. The molecule has 56 heavy (non-hydrogen) atoms. The fraction of sp³-hybridized carbons (Fsp3) is 1.00. The summed E-state index contributed by atoms with van der Waals surface area (Å²) in [5.74, 6) is 0. The predicted molar refractivity (Wildman–Crippen MR) is 257 cm³/mol. The second kappa shape index (κ2) is 59.2. The third kappa shape index (κ3) is 60.6. The third-order valence-electron chi connectivity index (χ3n) is 12.3. The fourth-order valence-corrected chi connectivity index (χ4v) is 8.29. The molecule has 0 fully saturated rings. The Morgan fingerprint density at radius 1 is 0.250 bits per heavy atom. The Kier molecular flexibility index (Phi) is 61.3. The van der Waals surface area contributed by atoms with Gasteiger partial charge in [0.1, 0.15) is 0 Å². The first kappa shape index (κ1) is 58.0. The van der Waals surface area contributed by atoms with E-state index in [0.29, 0.717) is 6.61 Å². The maximum absolute atomic E-state index is 8.71. The van der Waals surface area contributed by atoms with Gasteiger partial charge in [-0.25, -0.2) is 0 Å². The van der Waals surface area contributed by atoms with E-state index < -0.39 is 0 Å². The Bertz CT molecular complexity index is 560. The van der Waals surface area contributed by atoms with Crippen molar-refractivity contribution in [3.05, 3.63) is 0 Å². The van der Waals surface area contributed by atoms with Crippen LogP contribution < -0.4 is 11.1 Å². The molecule has 3 nitrogen and oxygen atoms in total. The van der Waals surface area contributed by atoms with Crippen LogP contribution in [-0.2, 0) is 0 Å². The number of hydrogen-bond acceptors (Lipinski definition) is 3. The topological polar surface area (TPSA) is 58.3 Å². The molecule has 0 unspecified atom stereocenters. The lowest BCUT2D eigenvalue weighted by atomic mass is 10.0. The molecule has 0 radical (unpaired) electrons. The van der Waals surface area contributed by atoms with Crippen molar-refractivity contribution in [2.75, 3.05) is 26.2 Å². The van der Waals surface area contributed by atoms with E-state index in [-0.39, 0.29) is 0 Å². The second-order valence-electron chi connectivity index (χ2n) is 18.2. The van der Waals surface area contributed by atoms with Crippen LogP contribution in [0.4, 0.5) is 0 Å². The van der Waals surface area contributed by atoms with Gasteiger partial charge in [0.15, 0.2) is 0 Å². The summed E-state index contributed by atoms with van der Waals surface area (Å²) >= 11 is 0. The number of rotatable bonds is 50. The molecule has 0 aliphatic rings. The summed E-state index contributed by atoms with van der Waals surface area (Å²) in [4.78, 5) is 0. The van der Waals surface area contributed by atoms with Gasteiger partial charge < -0.3 is 16.2 Å². The molecule has 340 valence electrons. The van der Waals surface area contributed by atoms with Crippen LogP contribution in [0.2, 0.25) is 0 Å². The summed E-state index contributed by atoms with van der Waals surface area (Å²) in [6.45, 7) is 7.88. The van der Waals surface area contributed by atoms with Crippen LogP contribution in [0.1, 0.15) is 316 Å². The molecule has 0 rings (SSSR count). The zero-order valence-electron chi connectivity index (χ0n) is 39.6. The molecule has 0 atom stereocenters. The number of unbranched alkanes of at least 4 members (excludes halogenated alkanes) is 44. The van der Waals surface area contributed by atoms with Crippen LogP contribution in [0.5, 0.6) is 0 Å². The van der Waals surface area contributed by atoms with E-state index in [0.717, 1.165) is 26.1 Å². The molecule has 0 heterocycles. The molecule has 0 amide bonds. The van der Waals surface area contributed by atoms with E-state index in [1.165, 1.54) is 295 Å². The first-order chi connectivity index (χ1) is 27.8. The van der Waals surface area contributed by atoms with Crippen molar-refractivity contribution in [2.45, 2.75) is 316 Å². The van der Waals surface area contributed by atoms with E-state index in [2.05, 4.69) is 19.2 Å². The number of nitrogens with one attached hydrogen (secondary N) is 1. The average molecular weight is 793 g/mol. The van der Waals surface area contributed by atoms with Gasteiger partial charge in [-0.3, -0.25) is 0 Å². The van der Waals surface area contributed by atoms with Gasteiger partial charge in [0, 0.05) is 6.61 Å². The van der Waals surface area contributed by atoms with Crippen molar-refractivity contribution in [3.8, 4) is 0 Å². The summed E-state index contributed by atoms with van der Waals surface area (Å²) in [7, 11) is 0. The highest BCUT2D eigenvalue weighted by Gasteiger charge is 1.98. The Balaban J connectivity index is 0. The van der Waals surface area contributed by atoms with E-state index in [1.54, 1.807) is 0 Å². The van der Waals surface area contributed by atoms with Gasteiger partial charge in [0.05, 0.1) is 0 Å². The smallest absolute Gasteiger partial charge is 0.0443 e. The highest BCUT2D eigenvalue weighted by Crippen LogP contribution is 2.17. The van der Waals surface area contributed by atoms with Crippen molar-refractivity contribution in [1.29, 1.82) is 0 Å². The van der Waals surface area contributed by atoms with Crippen molar-refractivity contribution in [3.63, 3.8) is 0 Å². The minimum Gasteiger partial charge on any atom is -0.396 e. The SMILES string of the molecule is CCCCCCCCCCCCCCCCCCCCCCCCCN.CCCCCCCCCCCCCCCCCCCCCCCCCNCCCO. The molecule has 0 aliphatic heterocycles. The monoisotopic (exact) mass is 793 g/mol. The van der Waals surface area contributed by atoms with Gasteiger partial charge >= 0.3 is 0 Å². The first-order valence-electron chi connectivity index (χ1n) is 26.8. The van der Waals surface area contributed by atoms with E-state index in [9.17, 15) is 0 Å². The minimum absolute atomic E-state index is 0.312. The average Bonchev–Trinajstić information content (AvgIpc) is 3.21. The van der Waals surface area contributed by atoms with Crippen molar-refractivity contribution >= 4 is 0 Å². The minimum atomic E-state index is 0.312. The molecular formula is C53H112N2O. The van der Waals surface area contributed by atoms with Crippen LogP contribution in [0.15, 0.2) is 0 Å². The van der Waals surface area contributed by atoms with E-state index in [4.69, 9.17) is 10.8 Å². The van der Waals surface area contributed by atoms with Crippen LogP contribution in [0, 0.1) is 0 Å². The zero-order valence-corrected chi connectivity index (χ0v) is 39.6. The number of hydrogen-bond donors (Lipinski definition) is 3. The van der Waals surface area contributed by atoms with Gasteiger partial charge in [0.25, 0.3) is 0 Å². The Hall–Kier alpha value is -0.120. The van der Waals surface area contributed by atoms with Crippen LogP contribution in [0.25, 0.3) is 0 Å². The standard InChI is InChI=1S/C28H59NO.C25H53N/c1-2-3-4-5-6-7-8-9-10-11-12-13-14-15-16-17-18-19-20-21-22-23-24-26-29-27-25-28-30;1-2-3-4-5-6-7-8-9-10-11-12-13-14-15-16-17-18-19-20-21-22-23-24-25-26/h29-30H,2-28H2,1H3;2-26H2,1H3. The highest BCUT2D eigenvalue weighted by molar-refractivity contribution is 4.54. The summed E-state index contributed by atoms with van der Waals surface area (Å²) in [6.07, 6.45) is 67.5. The lowest BCUT2D eigenvalue weighted by Crippen LogP contribution is -2.17. The summed E-state index contributed by atoms with van der Waals surface area (Å²) < 4.78 is 0. The number of nitrogens with two attached hydrogens (primary N) is 1. The summed E-state index contributed by atoms with van der Waals surface area (Å²) in [5.41, 5.74) is 5.52. The highest BCUT2D eigenvalue weighted by atomic mass is 16.3. The number of aliphatic hydroxyl groups excluding tert-OH is 1. The molecule has 4 N–H and O–H groups in total. The molecular weight excluding hydrogens is 681 g/mol. The molecule has 0 aromatic heterocycles. The molecule has 0 spiro atoms. The van der Waals surface area contributed by atoms with Crippen LogP contribution in [-0.4, -0.2) is 31.3 Å². The Morgan fingerprint density at radius 2 is 0.429 bits per heavy atom. The largest absolute Gasteiger partial charge is 0.396 e. The van der Waals surface area contributed by atoms with Gasteiger partial charge in [-0.05, 0) is 38.9 Å². The van der Waals surface area contributed by atoms with Gasteiger partial charge in [-0.2, -0.15) is 0 Å². The van der Waals surface area contributed by atoms with Crippen LogP contribution >= 0.6 is 0 Å².